The highest BCUT2D eigenvalue weighted by molar-refractivity contribution is 5.87. The van der Waals surface area contributed by atoms with Crippen molar-refractivity contribution in [1.29, 1.82) is 5.26 Å². The van der Waals surface area contributed by atoms with E-state index in [4.69, 9.17) is 15.1 Å². The summed E-state index contributed by atoms with van der Waals surface area (Å²) in [6, 6.07) is 13.8. The van der Waals surface area contributed by atoms with Crippen LogP contribution < -0.4 is 10.1 Å². The second-order valence-electron chi connectivity index (χ2n) is 4.38. The summed E-state index contributed by atoms with van der Waals surface area (Å²) >= 11 is 0. The SMILES string of the molecule is COc1cc(C#N)ccc1NCc1ccc(C(=O)O)cc1. The molecule has 2 rings (SSSR count). The van der Waals surface area contributed by atoms with Crippen LogP contribution in [0.5, 0.6) is 5.75 Å². The lowest BCUT2D eigenvalue weighted by atomic mass is 10.1. The molecule has 2 aromatic carbocycles. The number of nitrogens with zero attached hydrogens (tertiary/aromatic N) is 1. The number of aromatic carboxylic acids is 1. The van der Waals surface area contributed by atoms with E-state index in [1.165, 1.54) is 0 Å². The molecule has 0 aromatic heterocycles. The molecular weight excluding hydrogens is 268 g/mol. The molecule has 0 fully saturated rings. The standard InChI is InChI=1S/C16H14N2O3/c1-21-15-8-12(9-17)4-7-14(15)18-10-11-2-5-13(6-3-11)16(19)20/h2-8,18H,10H2,1H3,(H,19,20). The third-order valence-corrected chi connectivity index (χ3v) is 3.01. The number of carboxylic acids is 1. The van der Waals surface area contributed by atoms with Gasteiger partial charge in [-0.25, -0.2) is 4.79 Å². The summed E-state index contributed by atoms with van der Waals surface area (Å²) < 4.78 is 5.24. The maximum absolute atomic E-state index is 10.8. The van der Waals surface area contributed by atoms with Crippen LogP contribution in [0, 0.1) is 11.3 Å². The Kier molecular flexibility index (Phi) is 4.42. The van der Waals surface area contributed by atoms with E-state index in [1.807, 2.05) is 0 Å². The Morgan fingerprint density at radius 3 is 2.57 bits per heavy atom. The number of carboxylic acid groups (broad SMARTS) is 1. The molecular formula is C16H14N2O3. The quantitative estimate of drug-likeness (QED) is 0.881. The monoisotopic (exact) mass is 282 g/mol. The van der Waals surface area contributed by atoms with Crippen LogP contribution >= 0.6 is 0 Å². The lowest BCUT2D eigenvalue weighted by Gasteiger charge is -2.11. The van der Waals surface area contributed by atoms with Gasteiger partial charge < -0.3 is 15.2 Å². The molecule has 0 amide bonds. The van der Waals surface area contributed by atoms with Gasteiger partial charge in [0.25, 0.3) is 0 Å². The Morgan fingerprint density at radius 1 is 1.29 bits per heavy atom. The van der Waals surface area contributed by atoms with Gasteiger partial charge in [0.2, 0.25) is 0 Å². The number of carbonyl (C=O) groups is 1. The number of rotatable bonds is 5. The molecule has 0 heterocycles. The lowest BCUT2D eigenvalue weighted by molar-refractivity contribution is 0.0697. The van der Waals surface area contributed by atoms with Crippen LogP contribution in [0.2, 0.25) is 0 Å². The van der Waals surface area contributed by atoms with Gasteiger partial charge in [0.15, 0.2) is 0 Å². The molecule has 5 nitrogen and oxygen atoms in total. The average molecular weight is 282 g/mol. The average Bonchev–Trinajstić information content (AvgIpc) is 2.53. The normalized spacial score (nSPS) is 9.71. The van der Waals surface area contributed by atoms with Crippen molar-refractivity contribution >= 4 is 11.7 Å². The summed E-state index contributed by atoms with van der Waals surface area (Å²) in [4.78, 5) is 10.8. The van der Waals surface area contributed by atoms with Gasteiger partial charge in [-0.3, -0.25) is 0 Å². The zero-order chi connectivity index (χ0) is 15.2. The van der Waals surface area contributed by atoms with Gasteiger partial charge in [-0.15, -0.1) is 0 Å². The van der Waals surface area contributed by atoms with E-state index in [-0.39, 0.29) is 5.56 Å². The Balaban J connectivity index is 2.09. The molecule has 0 unspecified atom stereocenters. The van der Waals surface area contributed by atoms with Crippen molar-refractivity contribution in [1.82, 2.24) is 0 Å². The predicted octanol–water partition coefficient (Wildman–Crippen LogP) is 2.88. The summed E-state index contributed by atoms with van der Waals surface area (Å²) in [5, 5.41) is 20.9. The topological polar surface area (TPSA) is 82.3 Å². The van der Waals surface area contributed by atoms with Crippen LogP contribution in [-0.4, -0.2) is 18.2 Å². The molecule has 0 aliphatic carbocycles. The molecule has 21 heavy (non-hydrogen) atoms. The van der Waals surface area contributed by atoms with E-state index in [1.54, 1.807) is 49.6 Å². The Morgan fingerprint density at radius 2 is 2.00 bits per heavy atom. The van der Waals surface area contributed by atoms with Gasteiger partial charge in [-0.05, 0) is 29.8 Å². The molecule has 0 aliphatic heterocycles. The number of anilines is 1. The van der Waals surface area contributed by atoms with Crippen molar-refractivity contribution < 1.29 is 14.6 Å². The van der Waals surface area contributed by atoms with E-state index >= 15 is 0 Å². The first-order chi connectivity index (χ1) is 10.1. The third kappa shape index (κ3) is 3.51. The number of ether oxygens (including phenoxy) is 1. The minimum Gasteiger partial charge on any atom is -0.495 e. The van der Waals surface area contributed by atoms with Crippen molar-refractivity contribution in [3.8, 4) is 11.8 Å². The zero-order valence-corrected chi connectivity index (χ0v) is 11.5. The first-order valence-corrected chi connectivity index (χ1v) is 6.28. The van der Waals surface area contributed by atoms with E-state index in [2.05, 4.69) is 11.4 Å². The second kappa shape index (κ2) is 6.44. The number of methoxy groups -OCH3 is 1. The maximum Gasteiger partial charge on any atom is 0.335 e. The Hall–Kier alpha value is -3.00. The van der Waals surface area contributed by atoms with Gasteiger partial charge in [0.1, 0.15) is 5.75 Å². The molecule has 2 N–H and O–H groups in total. The molecule has 0 saturated heterocycles. The number of hydrogen-bond acceptors (Lipinski definition) is 4. The number of hydrogen-bond donors (Lipinski definition) is 2. The largest absolute Gasteiger partial charge is 0.495 e. The molecule has 2 aromatic rings. The Bertz CT molecular complexity index is 688. The summed E-state index contributed by atoms with van der Waals surface area (Å²) in [7, 11) is 1.54. The van der Waals surface area contributed by atoms with Crippen molar-refractivity contribution in [3.63, 3.8) is 0 Å². The van der Waals surface area contributed by atoms with Crippen LogP contribution in [0.25, 0.3) is 0 Å². The van der Waals surface area contributed by atoms with Crippen molar-refractivity contribution in [2.75, 3.05) is 12.4 Å². The predicted molar refractivity (Wildman–Crippen MR) is 78.4 cm³/mol. The van der Waals surface area contributed by atoms with Crippen LogP contribution in [0.3, 0.4) is 0 Å². The minimum absolute atomic E-state index is 0.259. The zero-order valence-electron chi connectivity index (χ0n) is 11.5. The summed E-state index contributed by atoms with van der Waals surface area (Å²) in [5.74, 6) is -0.348. The molecule has 0 bridgehead atoms. The van der Waals surface area contributed by atoms with E-state index < -0.39 is 5.97 Å². The molecule has 106 valence electrons. The second-order valence-corrected chi connectivity index (χ2v) is 4.38. The molecule has 0 atom stereocenters. The van der Waals surface area contributed by atoms with Gasteiger partial charge in [-0.1, -0.05) is 12.1 Å². The van der Waals surface area contributed by atoms with Crippen LogP contribution in [-0.2, 0) is 6.54 Å². The van der Waals surface area contributed by atoms with Crippen molar-refractivity contribution in [2.24, 2.45) is 0 Å². The van der Waals surface area contributed by atoms with E-state index in [0.29, 0.717) is 17.9 Å². The first kappa shape index (κ1) is 14.4. The molecule has 0 radical (unpaired) electrons. The van der Waals surface area contributed by atoms with E-state index in [0.717, 1.165) is 11.3 Å². The van der Waals surface area contributed by atoms with Crippen molar-refractivity contribution in [3.05, 3.63) is 59.2 Å². The summed E-state index contributed by atoms with van der Waals surface area (Å²) in [6.45, 7) is 0.530. The number of nitriles is 1. The van der Waals surface area contributed by atoms with Crippen LogP contribution in [0.1, 0.15) is 21.5 Å². The molecule has 0 spiro atoms. The van der Waals surface area contributed by atoms with Crippen LogP contribution in [0.4, 0.5) is 5.69 Å². The minimum atomic E-state index is -0.941. The van der Waals surface area contributed by atoms with Gasteiger partial charge >= 0.3 is 5.97 Å². The lowest BCUT2D eigenvalue weighted by Crippen LogP contribution is -2.02. The summed E-state index contributed by atoms with van der Waals surface area (Å²) in [6.07, 6.45) is 0. The molecule has 0 saturated carbocycles. The summed E-state index contributed by atoms with van der Waals surface area (Å²) in [5.41, 5.74) is 2.52. The van der Waals surface area contributed by atoms with Crippen LogP contribution in [0.15, 0.2) is 42.5 Å². The number of nitrogens with one attached hydrogen (secondary N) is 1. The fourth-order valence-electron chi connectivity index (χ4n) is 1.87. The molecule has 0 aliphatic rings. The Labute approximate surface area is 122 Å². The fraction of sp³-hybridized carbons (Fsp3) is 0.125. The van der Waals surface area contributed by atoms with Gasteiger partial charge in [0.05, 0.1) is 30.0 Å². The fourth-order valence-corrected chi connectivity index (χ4v) is 1.87. The maximum atomic E-state index is 10.8. The third-order valence-electron chi connectivity index (χ3n) is 3.01. The van der Waals surface area contributed by atoms with Gasteiger partial charge in [-0.2, -0.15) is 5.26 Å². The van der Waals surface area contributed by atoms with E-state index in [9.17, 15) is 4.79 Å². The smallest absolute Gasteiger partial charge is 0.335 e. The van der Waals surface area contributed by atoms with Gasteiger partial charge in [0, 0.05) is 12.6 Å². The first-order valence-electron chi connectivity index (χ1n) is 6.28. The highest BCUT2D eigenvalue weighted by Crippen LogP contribution is 2.25. The van der Waals surface area contributed by atoms with Crippen molar-refractivity contribution in [2.45, 2.75) is 6.54 Å². The molecule has 5 heteroatoms. The number of benzene rings is 2. The highest BCUT2D eigenvalue weighted by Gasteiger charge is 2.05. The highest BCUT2D eigenvalue weighted by atomic mass is 16.5.